The van der Waals surface area contributed by atoms with E-state index in [1.807, 2.05) is 48.9 Å². The number of aliphatic carboxylic acids is 1. The van der Waals surface area contributed by atoms with E-state index in [0.29, 0.717) is 18.1 Å². The van der Waals surface area contributed by atoms with Crippen molar-refractivity contribution >= 4 is 23.3 Å². The monoisotopic (exact) mass is 307 g/mol. The molecule has 0 bridgehead atoms. The Morgan fingerprint density at radius 2 is 2.05 bits per heavy atom. The van der Waals surface area contributed by atoms with E-state index in [2.05, 4.69) is 5.10 Å². The first-order chi connectivity index (χ1) is 10.0. The maximum absolute atomic E-state index is 11.1. The van der Waals surface area contributed by atoms with Gasteiger partial charge >= 0.3 is 5.97 Å². The van der Waals surface area contributed by atoms with Crippen LogP contribution in [0, 0.1) is 6.92 Å². The summed E-state index contributed by atoms with van der Waals surface area (Å²) in [7, 11) is 0. The number of nitrogens with zero attached hydrogens (tertiary/aromatic N) is 3. The van der Waals surface area contributed by atoms with Gasteiger partial charge in [-0.15, -0.1) is 0 Å². The van der Waals surface area contributed by atoms with Crippen molar-refractivity contribution in [3.8, 4) is 0 Å². The number of hydrogen-bond acceptors (Lipinski definition) is 3. The van der Waals surface area contributed by atoms with Crippen molar-refractivity contribution in [2.24, 2.45) is 0 Å². The van der Waals surface area contributed by atoms with Crippen LogP contribution in [0.1, 0.15) is 18.3 Å². The van der Waals surface area contributed by atoms with Crippen molar-refractivity contribution in [1.29, 1.82) is 0 Å². The van der Waals surface area contributed by atoms with Gasteiger partial charge in [-0.1, -0.05) is 29.8 Å². The summed E-state index contributed by atoms with van der Waals surface area (Å²) >= 11 is 6.30. The molecule has 0 unspecified atom stereocenters. The molecule has 0 aliphatic heterocycles. The summed E-state index contributed by atoms with van der Waals surface area (Å²) in [6.45, 7) is 4.84. The van der Waals surface area contributed by atoms with Crippen molar-refractivity contribution in [2.45, 2.75) is 26.9 Å². The lowest BCUT2D eigenvalue weighted by molar-refractivity contribution is -0.135. The highest BCUT2D eigenvalue weighted by Gasteiger charge is 2.18. The van der Waals surface area contributed by atoms with Crippen LogP contribution in [0.25, 0.3) is 0 Å². The third kappa shape index (κ3) is 3.55. The minimum absolute atomic E-state index is 0.0890. The third-order valence-corrected chi connectivity index (χ3v) is 3.73. The predicted octanol–water partition coefficient (Wildman–Crippen LogP) is 2.96. The second kappa shape index (κ2) is 6.63. The van der Waals surface area contributed by atoms with Gasteiger partial charge in [0.2, 0.25) is 0 Å². The quantitative estimate of drug-likeness (QED) is 0.891. The van der Waals surface area contributed by atoms with Crippen molar-refractivity contribution in [2.75, 3.05) is 11.4 Å². The smallest absolute Gasteiger partial charge is 0.323 e. The lowest BCUT2D eigenvalue weighted by atomic mass is 10.2. The molecule has 0 saturated carbocycles. The average Bonchev–Trinajstić information content (AvgIpc) is 2.74. The summed E-state index contributed by atoms with van der Waals surface area (Å²) in [5.41, 5.74) is 2.44. The summed E-state index contributed by atoms with van der Waals surface area (Å²) < 4.78 is 1.81. The van der Waals surface area contributed by atoms with Crippen molar-refractivity contribution in [3.63, 3.8) is 0 Å². The fourth-order valence-corrected chi connectivity index (χ4v) is 2.44. The summed E-state index contributed by atoms with van der Waals surface area (Å²) in [5, 5.41) is 14.1. The molecule has 1 aromatic heterocycles. The molecule has 21 heavy (non-hydrogen) atoms. The highest BCUT2D eigenvalue weighted by molar-refractivity contribution is 6.31. The molecule has 0 saturated heterocycles. The number of hydrogen-bond donors (Lipinski definition) is 1. The van der Waals surface area contributed by atoms with Crippen LogP contribution in [0.4, 0.5) is 5.69 Å². The van der Waals surface area contributed by atoms with Gasteiger partial charge in [-0.25, -0.2) is 0 Å². The van der Waals surface area contributed by atoms with Crippen molar-refractivity contribution < 1.29 is 9.90 Å². The molecule has 0 fully saturated rings. The van der Waals surface area contributed by atoms with Crippen molar-refractivity contribution in [1.82, 2.24) is 9.78 Å². The SMILES string of the molecule is CCn1nc(C)c(Cl)c1CN(CC(=O)O)c1ccccc1. The van der Waals surface area contributed by atoms with E-state index in [1.165, 1.54) is 0 Å². The molecule has 2 rings (SSSR count). The number of rotatable bonds is 6. The van der Waals surface area contributed by atoms with E-state index in [0.717, 1.165) is 17.1 Å². The Balaban J connectivity index is 2.33. The number of para-hydroxylation sites is 1. The molecule has 0 spiro atoms. The molecule has 5 nitrogen and oxygen atoms in total. The van der Waals surface area contributed by atoms with E-state index in [4.69, 9.17) is 16.7 Å². The van der Waals surface area contributed by atoms with Gasteiger partial charge in [-0.3, -0.25) is 9.48 Å². The zero-order valence-corrected chi connectivity index (χ0v) is 12.8. The molecule has 6 heteroatoms. The van der Waals surface area contributed by atoms with Gasteiger partial charge in [0.1, 0.15) is 6.54 Å². The Labute approximate surface area is 128 Å². The van der Waals surface area contributed by atoms with Crippen LogP contribution in [-0.4, -0.2) is 27.4 Å². The number of carbonyl (C=O) groups is 1. The zero-order chi connectivity index (χ0) is 15.4. The van der Waals surface area contributed by atoms with Crippen LogP contribution in [-0.2, 0) is 17.9 Å². The second-order valence-electron chi connectivity index (χ2n) is 4.75. The Morgan fingerprint density at radius 3 is 2.62 bits per heavy atom. The van der Waals surface area contributed by atoms with Gasteiger partial charge in [0, 0.05) is 12.2 Å². The largest absolute Gasteiger partial charge is 0.480 e. The lowest BCUT2D eigenvalue weighted by Crippen LogP contribution is -2.30. The molecule has 0 radical (unpaired) electrons. The van der Waals surface area contributed by atoms with Gasteiger partial charge in [0.05, 0.1) is 23.0 Å². The molecular weight excluding hydrogens is 290 g/mol. The molecule has 0 aliphatic rings. The van der Waals surface area contributed by atoms with Gasteiger partial charge in [-0.2, -0.15) is 5.10 Å². The molecule has 0 aliphatic carbocycles. The number of anilines is 1. The molecule has 2 aromatic rings. The number of carboxylic acid groups (broad SMARTS) is 1. The van der Waals surface area contributed by atoms with Crippen LogP contribution in [0.3, 0.4) is 0 Å². The number of halogens is 1. The van der Waals surface area contributed by atoms with Crippen LogP contribution in [0.15, 0.2) is 30.3 Å². The minimum Gasteiger partial charge on any atom is -0.480 e. The molecular formula is C15H18ClN3O2. The normalized spacial score (nSPS) is 10.6. The first-order valence-corrected chi connectivity index (χ1v) is 7.14. The standard InChI is InChI=1S/C15H18ClN3O2/c1-3-19-13(15(16)11(2)17-19)9-18(10-14(20)21)12-7-5-4-6-8-12/h4-8H,3,9-10H2,1-2H3,(H,20,21). The maximum Gasteiger partial charge on any atom is 0.323 e. The highest BCUT2D eigenvalue weighted by Crippen LogP contribution is 2.24. The Morgan fingerprint density at radius 1 is 1.38 bits per heavy atom. The van der Waals surface area contributed by atoms with Crippen LogP contribution < -0.4 is 4.90 Å². The first kappa shape index (κ1) is 15.4. The van der Waals surface area contributed by atoms with E-state index in [9.17, 15) is 4.79 Å². The summed E-state index contributed by atoms with van der Waals surface area (Å²) in [6, 6.07) is 9.44. The second-order valence-corrected chi connectivity index (χ2v) is 5.13. The molecule has 0 atom stereocenters. The Kier molecular flexibility index (Phi) is 4.85. The fraction of sp³-hybridized carbons (Fsp3) is 0.333. The fourth-order valence-electron chi connectivity index (χ4n) is 2.24. The predicted molar refractivity (Wildman–Crippen MR) is 82.8 cm³/mol. The summed E-state index contributed by atoms with van der Waals surface area (Å²) in [4.78, 5) is 12.9. The van der Waals surface area contributed by atoms with Crippen LogP contribution >= 0.6 is 11.6 Å². The van der Waals surface area contributed by atoms with Gasteiger partial charge in [-0.05, 0) is 26.0 Å². The lowest BCUT2D eigenvalue weighted by Gasteiger charge is -2.23. The topological polar surface area (TPSA) is 58.4 Å². The first-order valence-electron chi connectivity index (χ1n) is 6.76. The average molecular weight is 308 g/mol. The molecule has 1 N–H and O–H groups in total. The van der Waals surface area contributed by atoms with E-state index in [1.54, 1.807) is 4.90 Å². The van der Waals surface area contributed by atoms with Crippen LogP contribution in [0.2, 0.25) is 5.02 Å². The zero-order valence-electron chi connectivity index (χ0n) is 12.1. The Hall–Kier alpha value is -2.01. The molecule has 0 amide bonds. The molecule has 1 heterocycles. The van der Waals surface area contributed by atoms with E-state index >= 15 is 0 Å². The maximum atomic E-state index is 11.1. The van der Waals surface area contributed by atoms with E-state index < -0.39 is 5.97 Å². The Bertz CT molecular complexity index is 625. The summed E-state index contributed by atoms with van der Waals surface area (Å²) in [6.07, 6.45) is 0. The van der Waals surface area contributed by atoms with Gasteiger partial charge in [0.15, 0.2) is 0 Å². The highest BCUT2D eigenvalue weighted by atomic mass is 35.5. The number of benzene rings is 1. The van der Waals surface area contributed by atoms with Crippen molar-refractivity contribution in [3.05, 3.63) is 46.7 Å². The number of aryl methyl sites for hydroxylation is 2. The van der Waals surface area contributed by atoms with E-state index in [-0.39, 0.29) is 6.54 Å². The molecule has 112 valence electrons. The van der Waals surface area contributed by atoms with Gasteiger partial charge in [0.25, 0.3) is 0 Å². The van der Waals surface area contributed by atoms with Crippen LogP contribution in [0.5, 0.6) is 0 Å². The van der Waals surface area contributed by atoms with Gasteiger partial charge < -0.3 is 10.0 Å². The minimum atomic E-state index is -0.880. The third-order valence-electron chi connectivity index (χ3n) is 3.24. The molecule has 1 aromatic carbocycles. The number of aromatic nitrogens is 2. The number of carboxylic acids is 1. The summed E-state index contributed by atoms with van der Waals surface area (Å²) in [5.74, 6) is -0.880.